The molecule has 0 bridgehead atoms. The number of hydrogen-bond donors (Lipinski definition) is 2. The first-order valence-corrected chi connectivity index (χ1v) is 3.76. The summed E-state index contributed by atoms with van der Waals surface area (Å²) in [4.78, 5) is 9.71. The fourth-order valence-corrected chi connectivity index (χ4v) is 1.04. The van der Waals surface area contributed by atoms with Crippen molar-refractivity contribution >= 4 is 5.69 Å². The second-order valence-electron chi connectivity index (χ2n) is 2.61. The Hall–Kier alpha value is -1.62. The molecule has 0 amide bonds. The van der Waals surface area contributed by atoms with Crippen LogP contribution in [0.1, 0.15) is 5.56 Å². The first-order chi connectivity index (χ1) is 6.15. The van der Waals surface area contributed by atoms with Gasteiger partial charge in [-0.05, 0) is 18.7 Å². The Morgan fingerprint density at radius 2 is 2.31 bits per heavy atom. The number of nitro groups is 1. The van der Waals surface area contributed by atoms with Crippen LogP contribution in [-0.4, -0.2) is 17.1 Å². The van der Waals surface area contributed by atoms with Crippen LogP contribution >= 0.6 is 0 Å². The molecular formula is C8H10N2O3. The van der Waals surface area contributed by atoms with Crippen molar-refractivity contribution in [2.24, 2.45) is 0 Å². The molecule has 70 valence electrons. The number of nitrogens with one attached hydrogen (secondary N) is 1. The van der Waals surface area contributed by atoms with Gasteiger partial charge in [0.1, 0.15) is 0 Å². The monoisotopic (exact) mass is 182 g/mol. The van der Waals surface area contributed by atoms with E-state index in [2.05, 4.69) is 5.32 Å². The van der Waals surface area contributed by atoms with Gasteiger partial charge in [-0.1, -0.05) is 6.07 Å². The Labute approximate surface area is 75.2 Å². The molecule has 0 unspecified atom stereocenters. The summed E-state index contributed by atoms with van der Waals surface area (Å²) in [5.74, 6) is -0.294. The maximum atomic E-state index is 10.3. The number of phenolic OH excluding ortho intramolecular Hbond substituents is 1. The van der Waals surface area contributed by atoms with Crippen LogP contribution in [0.5, 0.6) is 5.75 Å². The molecule has 0 aromatic heterocycles. The lowest BCUT2D eigenvalue weighted by atomic mass is 10.2. The maximum Gasteiger partial charge on any atom is 0.310 e. The van der Waals surface area contributed by atoms with Gasteiger partial charge in [-0.3, -0.25) is 10.1 Å². The standard InChI is InChI=1S/C8H10N2O3/c1-9-5-6-2-3-7(10(12)13)8(11)4-6/h2-4,9,11H,5H2,1H3. The average molecular weight is 182 g/mol. The van der Waals surface area contributed by atoms with Crippen molar-refractivity contribution in [1.29, 1.82) is 0 Å². The molecule has 0 fully saturated rings. The number of phenols is 1. The molecule has 0 spiro atoms. The number of aromatic hydroxyl groups is 1. The summed E-state index contributed by atoms with van der Waals surface area (Å²) in [5.41, 5.74) is 0.547. The molecule has 0 saturated heterocycles. The van der Waals surface area contributed by atoms with Crippen molar-refractivity contribution in [3.8, 4) is 5.75 Å². The molecule has 0 aliphatic carbocycles. The zero-order valence-corrected chi connectivity index (χ0v) is 7.15. The van der Waals surface area contributed by atoms with Crippen LogP contribution in [-0.2, 0) is 6.54 Å². The van der Waals surface area contributed by atoms with Gasteiger partial charge in [-0.15, -0.1) is 0 Å². The minimum Gasteiger partial charge on any atom is -0.502 e. The fourth-order valence-electron chi connectivity index (χ4n) is 1.04. The molecule has 1 aromatic carbocycles. The second kappa shape index (κ2) is 3.86. The van der Waals surface area contributed by atoms with Crippen LogP contribution < -0.4 is 5.32 Å². The lowest BCUT2D eigenvalue weighted by molar-refractivity contribution is -0.385. The van der Waals surface area contributed by atoms with E-state index < -0.39 is 4.92 Å². The number of nitro benzene ring substituents is 1. The van der Waals surface area contributed by atoms with E-state index in [1.807, 2.05) is 0 Å². The smallest absolute Gasteiger partial charge is 0.310 e. The molecule has 1 rings (SSSR count). The topological polar surface area (TPSA) is 75.4 Å². The lowest BCUT2D eigenvalue weighted by Gasteiger charge is -2.00. The molecule has 0 radical (unpaired) electrons. The molecular weight excluding hydrogens is 172 g/mol. The van der Waals surface area contributed by atoms with E-state index in [1.54, 1.807) is 13.1 Å². The van der Waals surface area contributed by atoms with Gasteiger partial charge in [0.05, 0.1) is 4.92 Å². The third-order valence-corrected chi connectivity index (χ3v) is 1.62. The van der Waals surface area contributed by atoms with Gasteiger partial charge < -0.3 is 10.4 Å². The zero-order chi connectivity index (χ0) is 9.84. The highest BCUT2D eigenvalue weighted by atomic mass is 16.6. The number of rotatable bonds is 3. The van der Waals surface area contributed by atoms with Crippen molar-refractivity contribution in [1.82, 2.24) is 5.32 Å². The summed E-state index contributed by atoms with van der Waals surface area (Å²) in [6, 6.07) is 4.28. The van der Waals surface area contributed by atoms with Gasteiger partial charge in [-0.25, -0.2) is 0 Å². The molecule has 5 heteroatoms. The van der Waals surface area contributed by atoms with Crippen molar-refractivity contribution in [3.63, 3.8) is 0 Å². The van der Waals surface area contributed by atoms with E-state index in [0.29, 0.717) is 6.54 Å². The quantitative estimate of drug-likeness (QED) is 0.540. The average Bonchev–Trinajstić information content (AvgIpc) is 2.04. The number of benzene rings is 1. The van der Waals surface area contributed by atoms with Crippen molar-refractivity contribution in [2.75, 3.05) is 7.05 Å². The predicted molar refractivity (Wildman–Crippen MR) is 47.5 cm³/mol. The third-order valence-electron chi connectivity index (χ3n) is 1.62. The van der Waals surface area contributed by atoms with E-state index >= 15 is 0 Å². The summed E-state index contributed by atoms with van der Waals surface area (Å²) in [6.45, 7) is 0.575. The first kappa shape index (κ1) is 9.47. The van der Waals surface area contributed by atoms with E-state index in [9.17, 15) is 15.2 Å². The Kier molecular flexibility index (Phi) is 2.81. The molecule has 5 nitrogen and oxygen atoms in total. The minimum absolute atomic E-state index is 0.264. The Bertz CT molecular complexity index is 325. The van der Waals surface area contributed by atoms with E-state index in [-0.39, 0.29) is 11.4 Å². The van der Waals surface area contributed by atoms with Gasteiger partial charge >= 0.3 is 5.69 Å². The van der Waals surface area contributed by atoms with Gasteiger partial charge in [0.15, 0.2) is 5.75 Å². The number of nitrogens with zero attached hydrogens (tertiary/aromatic N) is 1. The highest BCUT2D eigenvalue weighted by molar-refractivity contribution is 5.47. The molecule has 0 saturated carbocycles. The summed E-state index contributed by atoms with van der Waals surface area (Å²) in [6.07, 6.45) is 0. The SMILES string of the molecule is CNCc1ccc([N+](=O)[O-])c(O)c1. The molecule has 1 aromatic rings. The van der Waals surface area contributed by atoms with Crippen LogP contribution in [0.2, 0.25) is 0 Å². The van der Waals surface area contributed by atoms with Crippen molar-refractivity contribution in [2.45, 2.75) is 6.54 Å². The highest BCUT2D eigenvalue weighted by Crippen LogP contribution is 2.25. The Morgan fingerprint density at radius 3 is 2.77 bits per heavy atom. The van der Waals surface area contributed by atoms with E-state index in [4.69, 9.17) is 0 Å². The van der Waals surface area contributed by atoms with Crippen molar-refractivity contribution in [3.05, 3.63) is 33.9 Å². The normalized spacial score (nSPS) is 9.92. The lowest BCUT2D eigenvalue weighted by Crippen LogP contribution is -2.04. The largest absolute Gasteiger partial charge is 0.502 e. The highest BCUT2D eigenvalue weighted by Gasteiger charge is 2.12. The summed E-state index contributed by atoms with van der Waals surface area (Å²) in [7, 11) is 1.76. The Morgan fingerprint density at radius 1 is 1.62 bits per heavy atom. The second-order valence-corrected chi connectivity index (χ2v) is 2.61. The van der Waals surface area contributed by atoms with Crippen LogP contribution in [0.15, 0.2) is 18.2 Å². The maximum absolute atomic E-state index is 10.3. The molecule has 0 atom stereocenters. The summed E-state index contributed by atoms with van der Waals surface area (Å²) in [5, 5.41) is 22.4. The molecule has 2 N–H and O–H groups in total. The molecule has 0 aliphatic heterocycles. The molecule has 13 heavy (non-hydrogen) atoms. The predicted octanol–water partition coefficient (Wildman–Crippen LogP) is 1.02. The van der Waals surface area contributed by atoms with Crippen LogP contribution in [0.25, 0.3) is 0 Å². The summed E-state index contributed by atoms with van der Waals surface area (Å²) >= 11 is 0. The minimum atomic E-state index is -0.613. The van der Waals surface area contributed by atoms with Gasteiger partial charge in [-0.2, -0.15) is 0 Å². The third kappa shape index (κ3) is 2.16. The first-order valence-electron chi connectivity index (χ1n) is 3.76. The summed E-state index contributed by atoms with van der Waals surface area (Å²) < 4.78 is 0. The molecule has 0 aliphatic rings. The fraction of sp³-hybridized carbons (Fsp3) is 0.250. The van der Waals surface area contributed by atoms with Crippen LogP contribution in [0, 0.1) is 10.1 Å². The van der Waals surface area contributed by atoms with Gasteiger partial charge in [0.2, 0.25) is 0 Å². The van der Waals surface area contributed by atoms with Gasteiger partial charge in [0, 0.05) is 12.6 Å². The zero-order valence-electron chi connectivity index (χ0n) is 7.15. The Balaban J connectivity index is 2.98. The van der Waals surface area contributed by atoms with E-state index in [0.717, 1.165) is 5.56 Å². The van der Waals surface area contributed by atoms with Crippen LogP contribution in [0.4, 0.5) is 5.69 Å². The van der Waals surface area contributed by atoms with Gasteiger partial charge in [0.25, 0.3) is 0 Å². The van der Waals surface area contributed by atoms with Crippen LogP contribution in [0.3, 0.4) is 0 Å². The van der Waals surface area contributed by atoms with Crippen molar-refractivity contribution < 1.29 is 10.0 Å². The molecule has 0 heterocycles. The van der Waals surface area contributed by atoms with E-state index in [1.165, 1.54) is 12.1 Å². The number of hydrogen-bond acceptors (Lipinski definition) is 4.